The Morgan fingerprint density at radius 3 is 2.28 bits per heavy atom. The normalized spacial score (nSPS) is 13.0. The number of hydrogen-bond acceptors (Lipinski definition) is 6. The standard InChI is InChI=1S/C18H22N2O4S/c1-11(14-6-8-15(23-4)9-7-14)20(13(3)21)12(2)17-19-16(10-25-17)18(22)24-5/h6-12H,1-5H3/t11-,12+/m1/s1. The smallest absolute Gasteiger partial charge is 0.357 e. The van der Waals surface area contributed by atoms with Gasteiger partial charge < -0.3 is 14.4 Å². The van der Waals surface area contributed by atoms with Crippen LogP contribution in [0.2, 0.25) is 0 Å². The van der Waals surface area contributed by atoms with E-state index in [4.69, 9.17) is 4.74 Å². The van der Waals surface area contributed by atoms with E-state index in [0.29, 0.717) is 5.01 Å². The van der Waals surface area contributed by atoms with Crippen molar-refractivity contribution in [2.24, 2.45) is 0 Å². The molecule has 7 heteroatoms. The minimum absolute atomic E-state index is 0.0642. The van der Waals surface area contributed by atoms with E-state index >= 15 is 0 Å². The molecule has 0 N–H and O–H groups in total. The fraction of sp³-hybridized carbons (Fsp3) is 0.389. The van der Waals surface area contributed by atoms with Gasteiger partial charge in [0.2, 0.25) is 5.91 Å². The Labute approximate surface area is 151 Å². The summed E-state index contributed by atoms with van der Waals surface area (Å²) in [4.78, 5) is 29.9. The van der Waals surface area contributed by atoms with Gasteiger partial charge in [0, 0.05) is 12.3 Å². The van der Waals surface area contributed by atoms with Crippen LogP contribution in [0.1, 0.15) is 53.9 Å². The van der Waals surface area contributed by atoms with Gasteiger partial charge in [-0.2, -0.15) is 0 Å². The van der Waals surface area contributed by atoms with Gasteiger partial charge in [-0.1, -0.05) is 12.1 Å². The fourth-order valence-corrected chi connectivity index (χ4v) is 3.56. The molecule has 1 aromatic heterocycles. The molecule has 0 unspecified atom stereocenters. The van der Waals surface area contributed by atoms with Crippen molar-refractivity contribution >= 4 is 23.2 Å². The summed E-state index contributed by atoms with van der Waals surface area (Å²) in [5.41, 5.74) is 1.25. The van der Waals surface area contributed by atoms with Gasteiger partial charge in [-0.25, -0.2) is 9.78 Å². The number of thiazole rings is 1. The lowest BCUT2D eigenvalue weighted by Gasteiger charge is -2.33. The predicted octanol–water partition coefficient (Wildman–Crippen LogP) is 3.61. The van der Waals surface area contributed by atoms with Crippen molar-refractivity contribution < 1.29 is 19.1 Å². The summed E-state index contributed by atoms with van der Waals surface area (Å²) >= 11 is 1.34. The van der Waals surface area contributed by atoms with E-state index < -0.39 is 5.97 Å². The first-order chi connectivity index (χ1) is 11.9. The van der Waals surface area contributed by atoms with Crippen molar-refractivity contribution in [1.82, 2.24) is 9.88 Å². The van der Waals surface area contributed by atoms with Crippen molar-refractivity contribution in [3.8, 4) is 5.75 Å². The molecule has 0 bridgehead atoms. The topological polar surface area (TPSA) is 68.7 Å². The van der Waals surface area contributed by atoms with Gasteiger partial charge in [0.1, 0.15) is 10.8 Å². The molecule has 1 aromatic carbocycles. The van der Waals surface area contributed by atoms with Crippen LogP contribution >= 0.6 is 11.3 Å². The van der Waals surface area contributed by atoms with E-state index in [-0.39, 0.29) is 23.7 Å². The number of esters is 1. The molecular weight excluding hydrogens is 340 g/mol. The molecule has 0 radical (unpaired) electrons. The number of carbonyl (C=O) groups is 2. The Bertz CT molecular complexity index is 742. The summed E-state index contributed by atoms with van der Waals surface area (Å²) < 4.78 is 9.87. The minimum atomic E-state index is -0.479. The quantitative estimate of drug-likeness (QED) is 0.734. The molecule has 25 heavy (non-hydrogen) atoms. The monoisotopic (exact) mass is 362 g/mol. The predicted molar refractivity (Wildman–Crippen MR) is 95.8 cm³/mol. The largest absolute Gasteiger partial charge is 0.497 e. The van der Waals surface area contributed by atoms with Crippen LogP contribution < -0.4 is 4.74 Å². The fourth-order valence-electron chi connectivity index (χ4n) is 2.72. The Balaban J connectivity index is 2.27. The van der Waals surface area contributed by atoms with Gasteiger partial charge >= 0.3 is 5.97 Å². The molecule has 0 saturated carbocycles. The summed E-state index contributed by atoms with van der Waals surface area (Å²) in [7, 11) is 2.93. The summed E-state index contributed by atoms with van der Waals surface area (Å²) in [6, 6.07) is 7.20. The third-order valence-corrected chi connectivity index (χ3v) is 5.09. The number of rotatable bonds is 6. The van der Waals surface area contributed by atoms with Crippen LogP contribution in [0.25, 0.3) is 0 Å². The maximum absolute atomic E-state index is 12.3. The summed E-state index contributed by atoms with van der Waals surface area (Å²) in [5, 5.41) is 2.34. The van der Waals surface area contributed by atoms with Gasteiger partial charge in [0.25, 0.3) is 0 Å². The van der Waals surface area contributed by atoms with Gasteiger partial charge in [0.15, 0.2) is 5.69 Å². The SMILES string of the molecule is COC(=O)c1csc([C@H](C)N(C(C)=O)[C@H](C)c2ccc(OC)cc2)n1. The van der Waals surface area contributed by atoms with E-state index in [2.05, 4.69) is 9.72 Å². The van der Waals surface area contributed by atoms with Crippen LogP contribution in [0.5, 0.6) is 5.75 Å². The van der Waals surface area contributed by atoms with E-state index in [0.717, 1.165) is 11.3 Å². The maximum Gasteiger partial charge on any atom is 0.357 e. The third-order valence-electron chi connectivity index (χ3n) is 4.07. The summed E-state index contributed by atoms with van der Waals surface area (Å²) in [6.07, 6.45) is 0. The third kappa shape index (κ3) is 4.17. The molecule has 0 aliphatic rings. The zero-order valence-electron chi connectivity index (χ0n) is 15.0. The Hall–Kier alpha value is -2.41. The second-order valence-electron chi connectivity index (χ2n) is 5.61. The number of amides is 1. The molecule has 0 fully saturated rings. The zero-order valence-corrected chi connectivity index (χ0v) is 15.8. The second kappa shape index (κ2) is 8.11. The van der Waals surface area contributed by atoms with Gasteiger partial charge in [-0.3, -0.25) is 4.79 Å². The Kier molecular flexibility index (Phi) is 6.14. The van der Waals surface area contributed by atoms with Crippen LogP contribution in [0.15, 0.2) is 29.6 Å². The number of carbonyl (C=O) groups excluding carboxylic acids is 2. The molecule has 0 aliphatic carbocycles. The average molecular weight is 362 g/mol. The molecule has 0 aliphatic heterocycles. The van der Waals surface area contributed by atoms with Crippen molar-refractivity contribution in [3.05, 3.63) is 45.9 Å². The lowest BCUT2D eigenvalue weighted by Crippen LogP contribution is -2.34. The summed E-state index contributed by atoms with van der Waals surface area (Å²) in [6.45, 7) is 5.40. The van der Waals surface area contributed by atoms with Crippen LogP contribution in [0.4, 0.5) is 0 Å². The van der Waals surface area contributed by atoms with Crippen LogP contribution in [-0.4, -0.2) is 36.0 Å². The number of aromatic nitrogens is 1. The first-order valence-electron chi connectivity index (χ1n) is 7.85. The molecule has 2 atom stereocenters. The van der Waals surface area contributed by atoms with Gasteiger partial charge in [-0.15, -0.1) is 11.3 Å². The number of nitrogens with zero attached hydrogens (tertiary/aromatic N) is 2. The Morgan fingerprint density at radius 2 is 1.76 bits per heavy atom. The molecule has 2 rings (SSSR count). The molecule has 1 heterocycles. The molecular formula is C18H22N2O4S. The van der Waals surface area contributed by atoms with Crippen molar-refractivity contribution in [2.75, 3.05) is 14.2 Å². The highest BCUT2D eigenvalue weighted by Crippen LogP contribution is 2.32. The highest BCUT2D eigenvalue weighted by molar-refractivity contribution is 7.09. The molecule has 1 amide bonds. The second-order valence-corrected chi connectivity index (χ2v) is 6.50. The minimum Gasteiger partial charge on any atom is -0.497 e. The molecule has 0 saturated heterocycles. The van der Waals surface area contributed by atoms with E-state index in [1.165, 1.54) is 25.4 Å². The van der Waals surface area contributed by atoms with Crippen LogP contribution in [0, 0.1) is 0 Å². The number of hydrogen-bond donors (Lipinski definition) is 0. The first-order valence-corrected chi connectivity index (χ1v) is 8.73. The number of benzene rings is 1. The van der Waals surface area contributed by atoms with Crippen molar-refractivity contribution in [2.45, 2.75) is 32.9 Å². The van der Waals surface area contributed by atoms with E-state index in [1.54, 1.807) is 17.4 Å². The first kappa shape index (κ1) is 18.9. The average Bonchev–Trinajstić information content (AvgIpc) is 3.11. The number of methoxy groups -OCH3 is 2. The van der Waals surface area contributed by atoms with E-state index in [1.807, 2.05) is 38.1 Å². The highest BCUT2D eigenvalue weighted by atomic mass is 32.1. The molecule has 134 valence electrons. The molecule has 2 aromatic rings. The molecule has 0 spiro atoms. The highest BCUT2D eigenvalue weighted by Gasteiger charge is 2.27. The molecule has 6 nitrogen and oxygen atoms in total. The lowest BCUT2D eigenvalue weighted by atomic mass is 10.0. The van der Waals surface area contributed by atoms with Crippen LogP contribution in [-0.2, 0) is 9.53 Å². The maximum atomic E-state index is 12.3. The van der Waals surface area contributed by atoms with E-state index in [9.17, 15) is 9.59 Å². The van der Waals surface area contributed by atoms with Crippen molar-refractivity contribution in [1.29, 1.82) is 0 Å². The van der Waals surface area contributed by atoms with Crippen molar-refractivity contribution in [3.63, 3.8) is 0 Å². The lowest BCUT2D eigenvalue weighted by molar-refractivity contribution is -0.133. The Morgan fingerprint density at radius 1 is 1.12 bits per heavy atom. The van der Waals surface area contributed by atoms with Gasteiger partial charge in [-0.05, 0) is 31.5 Å². The zero-order chi connectivity index (χ0) is 18.6. The number of ether oxygens (including phenoxy) is 2. The van der Waals surface area contributed by atoms with Gasteiger partial charge in [0.05, 0.1) is 26.3 Å². The summed E-state index contributed by atoms with van der Waals surface area (Å²) in [5.74, 6) is 0.221. The van der Waals surface area contributed by atoms with Crippen LogP contribution in [0.3, 0.4) is 0 Å².